The maximum Gasteiger partial charge on any atom is 0.325 e. The Bertz CT molecular complexity index is 981. The van der Waals surface area contributed by atoms with Crippen LogP contribution in [0.4, 0.5) is 0 Å². The van der Waals surface area contributed by atoms with Crippen molar-refractivity contribution in [2.45, 2.75) is 19.9 Å². The van der Waals surface area contributed by atoms with E-state index in [0.717, 1.165) is 22.2 Å². The number of hydrogen-bond donors (Lipinski definition) is 4. The molecule has 23 heavy (non-hydrogen) atoms. The minimum Gasteiger partial charge on any atom is -0.358 e. The molecule has 0 atom stereocenters. The molecule has 0 bridgehead atoms. The van der Waals surface area contributed by atoms with Gasteiger partial charge in [-0.1, -0.05) is 18.2 Å². The van der Waals surface area contributed by atoms with Gasteiger partial charge in [0.1, 0.15) is 0 Å². The van der Waals surface area contributed by atoms with Gasteiger partial charge in [-0.2, -0.15) is 0 Å². The van der Waals surface area contributed by atoms with Crippen LogP contribution in [0.25, 0.3) is 10.9 Å². The van der Waals surface area contributed by atoms with Crippen molar-refractivity contribution in [3.05, 3.63) is 68.1 Å². The van der Waals surface area contributed by atoms with Gasteiger partial charge in [0.05, 0.1) is 12.0 Å². The second kappa shape index (κ2) is 5.96. The number of H-pyrrole nitrogens is 3. The summed E-state index contributed by atoms with van der Waals surface area (Å²) in [6.45, 7) is 1.99. The van der Waals surface area contributed by atoms with Crippen molar-refractivity contribution >= 4 is 16.8 Å². The first kappa shape index (κ1) is 14.8. The number of benzene rings is 1. The highest BCUT2D eigenvalue weighted by molar-refractivity contribution is 5.90. The molecule has 1 aromatic carbocycles. The molecule has 0 aliphatic rings. The zero-order valence-corrected chi connectivity index (χ0v) is 12.5. The Labute approximate surface area is 130 Å². The number of nitrogens with one attached hydrogen (secondary N) is 4. The van der Waals surface area contributed by atoms with E-state index in [0.29, 0.717) is 5.56 Å². The molecule has 0 aliphatic carbocycles. The van der Waals surface area contributed by atoms with E-state index in [4.69, 9.17) is 0 Å². The highest BCUT2D eigenvalue weighted by Gasteiger charge is 2.12. The number of hydrogen-bond acceptors (Lipinski definition) is 3. The van der Waals surface area contributed by atoms with E-state index in [1.807, 2.05) is 31.2 Å². The monoisotopic (exact) mass is 312 g/mol. The van der Waals surface area contributed by atoms with Crippen LogP contribution in [-0.2, 0) is 17.8 Å². The van der Waals surface area contributed by atoms with Gasteiger partial charge in [-0.05, 0) is 18.6 Å². The topological polar surface area (TPSA) is 111 Å². The van der Waals surface area contributed by atoms with E-state index in [9.17, 15) is 14.4 Å². The summed E-state index contributed by atoms with van der Waals surface area (Å²) in [5, 5.41) is 3.71. The lowest BCUT2D eigenvalue weighted by molar-refractivity contribution is -0.120. The fourth-order valence-electron chi connectivity index (χ4n) is 2.55. The molecule has 0 spiro atoms. The number of carbonyl (C=O) groups excluding carboxylic acids is 1. The molecule has 0 fully saturated rings. The maximum atomic E-state index is 12.1. The molecule has 0 saturated carbocycles. The fraction of sp³-hybridized carbons (Fsp3) is 0.188. The summed E-state index contributed by atoms with van der Waals surface area (Å²) in [6.07, 6.45) is 1.52. The van der Waals surface area contributed by atoms with E-state index < -0.39 is 11.2 Å². The molecular weight excluding hydrogens is 296 g/mol. The van der Waals surface area contributed by atoms with Crippen LogP contribution >= 0.6 is 0 Å². The van der Waals surface area contributed by atoms with E-state index >= 15 is 0 Å². The van der Waals surface area contributed by atoms with Crippen molar-refractivity contribution in [2.24, 2.45) is 0 Å². The van der Waals surface area contributed by atoms with Gasteiger partial charge in [0, 0.05) is 29.3 Å². The van der Waals surface area contributed by atoms with Gasteiger partial charge in [-0.3, -0.25) is 14.6 Å². The first-order chi connectivity index (χ1) is 11.0. The summed E-state index contributed by atoms with van der Waals surface area (Å²) in [7, 11) is 0. The van der Waals surface area contributed by atoms with Crippen LogP contribution in [-0.4, -0.2) is 20.9 Å². The van der Waals surface area contributed by atoms with Gasteiger partial charge in [-0.25, -0.2) is 4.79 Å². The predicted molar refractivity (Wildman–Crippen MR) is 86.3 cm³/mol. The average Bonchev–Trinajstić information content (AvgIpc) is 2.82. The van der Waals surface area contributed by atoms with Gasteiger partial charge in [0.15, 0.2) is 0 Å². The molecule has 7 nitrogen and oxygen atoms in total. The first-order valence-electron chi connectivity index (χ1n) is 7.18. The minimum absolute atomic E-state index is 0.0619. The van der Waals surface area contributed by atoms with Crippen molar-refractivity contribution < 1.29 is 4.79 Å². The van der Waals surface area contributed by atoms with Crippen LogP contribution in [0.5, 0.6) is 0 Å². The van der Waals surface area contributed by atoms with Gasteiger partial charge < -0.3 is 15.3 Å². The molecule has 3 rings (SSSR count). The lowest BCUT2D eigenvalue weighted by Gasteiger charge is -2.05. The van der Waals surface area contributed by atoms with Gasteiger partial charge >= 0.3 is 5.69 Å². The number of para-hydroxylation sites is 1. The number of aromatic nitrogens is 3. The molecule has 0 radical (unpaired) electrons. The van der Waals surface area contributed by atoms with Gasteiger partial charge in [0.2, 0.25) is 5.91 Å². The molecule has 1 amide bonds. The van der Waals surface area contributed by atoms with E-state index in [1.54, 1.807) is 0 Å². The highest BCUT2D eigenvalue weighted by atomic mass is 16.2. The third-order valence-electron chi connectivity index (χ3n) is 3.74. The lowest BCUT2D eigenvalue weighted by Crippen LogP contribution is -2.31. The summed E-state index contributed by atoms with van der Waals surface area (Å²) in [5.74, 6) is -0.191. The third kappa shape index (κ3) is 3.08. The van der Waals surface area contributed by atoms with Crippen LogP contribution < -0.4 is 16.6 Å². The lowest BCUT2D eigenvalue weighted by atomic mass is 10.1. The van der Waals surface area contributed by atoms with Crippen molar-refractivity contribution in [1.82, 2.24) is 20.3 Å². The SMILES string of the molecule is Cc1[nH]c2ccccc2c1CC(=O)NCc1c[nH]c(=O)[nH]c1=O. The molecule has 2 aromatic heterocycles. The van der Waals surface area contributed by atoms with Crippen LogP contribution in [0.3, 0.4) is 0 Å². The quantitative estimate of drug-likeness (QED) is 0.569. The van der Waals surface area contributed by atoms with Crippen molar-refractivity contribution in [3.63, 3.8) is 0 Å². The summed E-state index contributed by atoms with van der Waals surface area (Å²) in [5.41, 5.74) is 2.10. The highest BCUT2D eigenvalue weighted by Crippen LogP contribution is 2.22. The minimum atomic E-state index is -0.570. The Hall–Kier alpha value is -3.09. The Balaban J connectivity index is 1.73. The molecular formula is C16H16N4O3. The molecule has 4 N–H and O–H groups in total. The summed E-state index contributed by atoms with van der Waals surface area (Å²) in [4.78, 5) is 42.4. The molecule has 0 saturated heterocycles. The summed E-state index contributed by atoms with van der Waals surface area (Å²) >= 11 is 0. The zero-order chi connectivity index (χ0) is 16.4. The molecule has 7 heteroatoms. The van der Waals surface area contributed by atoms with Crippen molar-refractivity contribution in [1.29, 1.82) is 0 Å². The second-order valence-corrected chi connectivity index (χ2v) is 5.32. The smallest absolute Gasteiger partial charge is 0.325 e. The molecule has 3 aromatic rings. The Morgan fingerprint density at radius 2 is 1.96 bits per heavy atom. The van der Waals surface area contributed by atoms with E-state index in [2.05, 4.69) is 20.3 Å². The third-order valence-corrected chi connectivity index (χ3v) is 3.74. The standard InChI is InChI=1S/C16H16N4O3/c1-9-12(11-4-2-3-5-13(11)19-9)6-14(21)17-7-10-8-18-16(23)20-15(10)22/h2-5,8,19H,6-7H2,1H3,(H,17,21)(H2,18,20,22,23). The molecule has 118 valence electrons. The van der Waals surface area contributed by atoms with Crippen LogP contribution in [0, 0.1) is 6.92 Å². The average molecular weight is 312 g/mol. The van der Waals surface area contributed by atoms with E-state index in [1.165, 1.54) is 6.20 Å². The van der Waals surface area contributed by atoms with E-state index in [-0.39, 0.29) is 18.9 Å². The van der Waals surface area contributed by atoms with Gasteiger partial charge in [0.25, 0.3) is 5.56 Å². The molecule has 2 heterocycles. The number of carbonyl (C=O) groups is 1. The predicted octanol–water partition coefficient (Wildman–Crippen LogP) is 0.712. The normalized spacial score (nSPS) is 10.8. The number of amides is 1. The molecule has 0 aliphatic heterocycles. The maximum absolute atomic E-state index is 12.1. The van der Waals surface area contributed by atoms with Crippen LogP contribution in [0.2, 0.25) is 0 Å². The Kier molecular flexibility index (Phi) is 3.84. The Morgan fingerprint density at radius 1 is 1.17 bits per heavy atom. The Morgan fingerprint density at radius 3 is 2.74 bits per heavy atom. The van der Waals surface area contributed by atoms with Crippen molar-refractivity contribution in [3.8, 4) is 0 Å². The summed E-state index contributed by atoms with van der Waals surface area (Å²) < 4.78 is 0. The number of aryl methyl sites for hydroxylation is 1. The zero-order valence-electron chi connectivity index (χ0n) is 12.5. The van der Waals surface area contributed by atoms with Gasteiger partial charge in [-0.15, -0.1) is 0 Å². The second-order valence-electron chi connectivity index (χ2n) is 5.32. The first-order valence-corrected chi connectivity index (χ1v) is 7.18. The molecule has 0 unspecified atom stereocenters. The van der Waals surface area contributed by atoms with Crippen LogP contribution in [0.1, 0.15) is 16.8 Å². The number of fused-ring (bicyclic) bond motifs is 1. The van der Waals surface area contributed by atoms with Crippen LogP contribution in [0.15, 0.2) is 40.1 Å². The fourth-order valence-corrected chi connectivity index (χ4v) is 2.55. The number of rotatable bonds is 4. The summed E-state index contributed by atoms with van der Waals surface area (Å²) in [6, 6.07) is 7.79. The largest absolute Gasteiger partial charge is 0.358 e. The number of aromatic amines is 3. The van der Waals surface area contributed by atoms with Crippen molar-refractivity contribution in [2.75, 3.05) is 0 Å².